The molecular weight excluding hydrogens is 298 g/mol. The van der Waals surface area contributed by atoms with Crippen LogP contribution >= 0.6 is 11.6 Å². The summed E-state index contributed by atoms with van der Waals surface area (Å²) in [5, 5.41) is 4.03. The van der Waals surface area contributed by atoms with E-state index in [0.29, 0.717) is 24.8 Å². The van der Waals surface area contributed by atoms with E-state index in [2.05, 4.69) is 30.4 Å². The fourth-order valence-corrected chi connectivity index (χ4v) is 2.38. The molecule has 3 nitrogen and oxygen atoms in total. The van der Waals surface area contributed by atoms with E-state index in [4.69, 9.17) is 21.1 Å². The number of benzene rings is 2. The summed E-state index contributed by atoms with van der Waals surface area (Å²) >= 11 is 6.09. The highest BCUT2D eigenvalue weighted by molar-refractivity contribution is 6.30. The van der Waals surface area contributed by atoms with Crippen molar-refractivity contribution in [1.82, 2.24) is 5.32 Å². The molecule has 0 fully saturated rings. The minimum Gasteiger partial charge on any atom is -0.489 e. The van der Waals surface area contributed by atoms with E-state index in [1.165, 1.54) is 5.56 Å². The molecule has 0 aliphatic carbocycles. The van der Waals surface area contributed by atoms with Crippen LogP contribution in [0.25, 0.3) is 0 Å². The van der Waals surface area contributed by atoms with Crippen molar-refractivity contribution in [2.24, 2.45) is 0 Å². The SMILES string of the molecule is COCCNCc1cc(Cl)ccc1OCc1cccc(C)c1. The molecule has 0 atom stereocenters. The van der Waals surface area contributed by atoms with Crippen LogP contribution in [0, 0.1) is 6.92 Å². The van der Waals surface area contributed by atoms with Crippen LogP contribution in [-0.2, 0) is 17.9 Å². The Morgan fingerprint density at radius 1 is 1.14 bits per heavy atom. The van der Waals surface area contributed by atoms with E-state index in [-0.39, 0.29) is 0 Å². The highest BCUT2D eigenvalue weighted by atomic mass is 35.5. The topological polar surface area (TPSA) is 30.5 Å². The van der Waals surface area contributed by atoms with Crippen molar-refractivity contribution in [2.45, 2.75) is 20.1 Å². The Labute approximate surface area is 137 Å². The summed E-state index contributed by atoms with van der Waals surface area (Å²) < 4.78 is 11.0. The Morgan fingerprint density at radius 3 is 2.77 bits per heavy atom. The van der Waals surface area contributed by atoms with Gasteiger partial charge >= 0.3 is 0 Å². The van der Waals surface area contributed by atoms with Crippen molar-refractivity contribution in [1.29, 1.82) is 0 Å². The van der Waals surface area contributed by atoms with Gasteiger partial charge in [0.1, 0.15) is 12.4 Å². The number of halogens is 1. The monoisotopic (exact) mass is 319 g/mol. The second-order valence-electron chi connectivity index (χ2n) is 5.20. The van der Waals surface area contributed by atoms with Gasteiger partial charge in [0.25, 0.3) is 0 Å². The zero-order valence-electron chi connectivity index (χ0n) is 13.1. The maximum Gasteiger partial charge on any atom is 0.124 e. The molecule has 2 aromatic carbocycles. The molecule has 0 saturated heterocycles. The smallest absolute Gasteiger partial charge is 0.124 e. The summed E-state index contributed by atoms with van der Waals surface area (Å²) in [4.78, 5) is 0. The summed E-state index contributed by atoms with van der Waals surface area (Å²) in [7, 11) is 1.69. The Balaban J connectivity index is 1.99. The zero-order chi connectivity index (χ0) is 15.8. The molecule has 0 unspecified atom stereocenters. The van der Waals surface area contributed by atoms with Crippen LogP contribution in [0.5, 0.6) is 5.75 Å². The average Bonchev–Trinajstić information content (AvgIpc) is 2.51. The van der Waals surface area contributed by atoms with Gasteiger partial charge in [0.2, 0.25) is 0 Å². The number of hydrogen-bond donors (Lipinski definition) is 1. The molecule has 1 N–H and O–H groups in total. The van der Waals surface area contributed by atoms with Crippen LogP contribution < -0.4 is 10.1 Å². The lowest BCUT2D eigenvalue weighted by Crippen LogP contribution is -2.19. The van der Waals surface area contributed by atoms with Gasteiger partial charge < -0.3 is 14.8 Å². The number of rotatable bonds is 8. The third-order valence-corrected chi connectivity index (χ3v) is 3.53. The summed E-state index contributed by atoms with van der Waals surface area (Å²) in [6, 6.07) is 14.0. The van der Waals surface area contributed by atoms with E-state index >= 15 is 0 Å². The number of methoxy groups -OCH3 is 1. The molecule has 0 radical (unpaired) electrons. The standard InChI is InChI=1S/C18H22ClNO2/c1-14-4-3-5-15(10-14)13-22-18-7-6-17(19)11-16(18)12-20-8-9-21-2/h3-7,10-11,20H,8-9,12-13H2,1-2H3. The van der Waals surface area contributed by atoms with Crippen molar-refractivity contribution in [3.63, 3.8) is 0 Å². The first-order chi connectivity index (χ1) is 10.7. The van der Waals surface area contributed by atoms with Gasteiger partial charge in [0, 0.05) is 30.8 Å². The molecule has 22 heavy (non-hydrogen) atoms. The molecule has 2 aromatic rings. The predicted molar refractivity (Wildman–Crippen MR) is 90.5 cm³/mol. The highest BCUT2D eigenvalue weighted by Crippen LogP contribution is 2.24. The van der Waals surface area contributed by atoms with Crippen molar-refractivity contribution >= 4 is 11.6 Å². The molecule has 4 heteroatoms. The summed E-state index contributed by atoms with van der Waals surface area (Å²) in [5.41, 5.74) is 3.45. The second-order valence-corrected chi connectivity index (χ2v) is 5.64. The van der Waals surface area contributed by atoms with Gasteiger partial charge in [-0.2, -0.15) is 0 Å². The zero-order valence-corrected chi connectivity index (χ0v) is 13.8. The first kappa shape index (κ1) is 16.8. The van der Waals surface area contributed by atoms with E-state index < -0.39 is 0 Å². The van der Waals surface area contributed by atoms with Crippen LogP contribution in [0.15, 0.2) is 42.5 Å². The van der Waals surface area contributed by atoms with Crippen LogP contribution in [0.2, 0.25) is 5.02 Å². The van der Waals surface area contributed by atoms with Crippen molar-refractivity contribution in [3.8, 4) is 5.75 Å². The van der Waals surface area contributed by atoms with Gasteiger partial charge in [-0.25, -0.2) is 0 Å². The molecule has 0 aliphatic heterocycles. The Morgan fingerprint density at radius 2 is 2.00 bits per heavy atom. The quantitative estimate of drug-likeness (QED) is 0.747. The summed E-state index contributed by atoms with van der Waals surface area (Å²) in [6.45, 7) is 4.80. The normalized spacial score (nSPS) is 10.7. The van der Waals surface area contributed by atoms with Crippen molar-refractivity contribution in [2.75, 3.05) is 20.3 Å². The molecule has 2 rings (SSSR count). The molecule has 118 valence electrons. The molecule has 0 amide bonds. The third kappa shape index (κ3) is 5.34. The molecule has 0 aromatic heterocycles. The predicted octanol–water partition coefficient (Wildman–Crippen LogP) is 3.96. The number of aryl methyl sites for hydroxylation is 1. The molecule has 0 heterocycles. The number of ether oxygens (including phenoxy) is 2. The van der Waals surface area contributed by atoms with Gasteiger partial charge in [-0.1, -0.05) is 41.4 Å². The van der Waals surface area contributed by atoms with Gasteiger partial charge in [-0.3, -0.25) is 0 Å². The highest BCUT2D eigenvalue weighted by Gasteiger charge is 2.05. The fraction of sp³-hybridized carbons (Fsp3) is 0.333. The van der Waals surface area contributed by atoms with Gasteiger partial charge in [0.15, 0.2) is 0 Å². The molecule has 0 bridgehead atoms. The lowest BCUT2D eigenvalue weighted by Gasteiger charge is -2.13. The Hall–Kier alpha value is -1.55. The molecule has 0 saturated carbocycles. The third-order valence-electron chi connectivity index (χ3n) is 3.30. The summed E-state index contributed by atoms with van der Waals surface area (Å²) in [5.74, 6) is 0.857. The number of hydrogen-bond acceptors (Lipinski definition) is 3. The van der Waals surface area contributed by atoms with Crippen LogP contribution in [0.1, 0.15) is 16.7 Å². The van der Waals surface area contributed by atoms with Crippen molar-refractivity contribution in [3.05, 3.63) is 64.2 Å². The minimum atomic E-state index is 0.550. The van der Waals surface area contributed by atoms with Crippen molar-refractivity contribution < 1.29 is 9.47 Å². The van der Waals surface area contributed by atoms with E-state index in [1.807, 2.05) is 24.3 Å². The second kappa shape index (κ2) is 8.79. The summed E-state index contributed by atoms with van der Waals surface area (Å²) in [6.07, 6.45) is 0. The molecular formula is C18H22ClNO2. The van der Waals surface area contributed by atoms with Gasteiger partial charge in [0.05, 0.1) is 6.61 Å². The largest absolute Gasteiger partial charge is 0.489 e. The average molecular weight is 320 g/mol. The van der Waals surface area contributed by atoms with E-state index in [0.717, 1.165) is 23.4 Å². The van der Waals surface area contributed by atoms with Crippen LogP contribution in [-0.4, -0.2) is 20.3 Å². The van der Waals surface area contributed by atoms with Crippen LogP contribution in [0.3, 0.4) is 0 Å². The first-order valence-electron chi connectivity index (χ1n) is 7.35. The Bertz CT molecular complexity index is 601. The number of nitrogens with one attached hydrogen (secondary N) is 1. The maximum absolute atomic E-state index is 6.09. The van der Waals surface area contributed by atoms with E-state index in [1.54, 1.807) is 7.11 Å². The molecule has 0 aliphatic rings. The maximum atomic E-state index is 6.09. The van der Waals surface area contributed by atoms with Crippen LogP contribution in [0.4, 0.5) is 0 Å². The Kier molecular flexibility index (Phi) is 6.72. The molecule has 0 spiro atoms. The van der Waals surface area contributed by atoms with Gasteiger partial charge in [-0.15, -0.1) is 0 Å². The minimum absolute atomic E-state index is 0.550. The lowest BCUT2D eigenvalue weighted by atomic mass is 10.1. The first-order valence-corrected chi connectivity index (χ1v) is 7.73. The van der Waals surface area contributed by atoms with Gasteiger partial charge in [-0.05, 0) is 30.7 Å². The fourth-order valence-electron chi connectivity index (χ4n) is 2.19. The lowest BCUT2D eigenvalue weighted by molar-refractivity contribution is 0.199. The van der Waals surface area contributed by atoms with E-state index in [9.17, 15) is 0 Å².